The van der Waals surface area contributed by atoms with Gasteiger partial charge in [-0.2, -0.15) is 5.10 Å². The predicted octanol–water partition coefficient (Wildman–Crippen LogP) is 3.89. The van der Waals surface area contributed by atoms with Crippen molar-refractivity contribution in [2.45, 2.75) is 44.3 Å². The number of rotatable bonds is 1. The van der Waals surface area contributed by atoms with E-state index in [4.69, 9.17) is 14.5 Å². The SMILES string of the molecule is O=C1NCCCOCc2cc(-c3ccncc3)cc(n2)Nc2cc([nH]n2)[C@H]2CC[C@H](C2)O1. The molecular formula is C23H26N6O3. The topological polar surface area (TPSA) is 114 Å². The Hall–Kier alpha value is -3.46. The molecule has 1 aliphatic heterocycles. The number of aromatic amines is 1. The summed E-state index contributed by atoms with van der Waals surface area (Å²) in [5.74, 6) is 1.70. The van der Waals surface area contributed by atoms with Gasteiger partial charge in [0.1, 0.15) is 11.9 Å². The Morgan fingerprint density at radius 2 is 1.94 bits per heavy atom. The highest BCUT2D eigenvalue weighted by molar-refractivity contribution is 5.68. The second-order valence-corrected chi connectivity index (χ2v) is 8.17. The summed E-state index contributed by atoms with van der Waals surface area (Å²) < 4.78 is 11.4. The Morgan fingerprint density at radius 3 is 2.84 bits per heavy atom. The number of hydrogen-bond donors (Lipinski definition) is 3. The number of carbonyl (C=O) groups excluding carboxylic acids is 1. The van der Waals surface area contributed by atoms with Crippen LogP contribution in [0.1, 0.15) is 43.0 Å². The molecule has 0 radical (unpaired) electrons. The Labute approximate surface area is 186 Å². The normalized spacial score (nSPS) is 21.6. The first kappa shape index (κ1) is 20.4. The van der Waals surface area contributed by atoms with Crippen LogP contribution in [-0.2, 0) is 16.1 Å². The summed E-state index contributed by atoms with van der Waals surface area (Å²) in [6, 6.07) is 9.96. The number of alkyl carbamates (subject to hydrolysis) is 1. The highest BCUT2D eigenvalue weighted by Crippen LogP contribution is 2.36. The molecule has 1 amide bonds. The molecule has 1 aliphatic carbocycles. The van der Waals surface area contributed by atoms with Gasteiger partial charge in [0.2, 0.25) is 0 Å². The van der Waals surface area contributed by atoms with E-state index in [1.807, 2.05) is 30.3 Å². The molecule has 166 valence electrons. The van der Waals surface area contributed by atoms with Crippen molar-refractivity contribution in [1.29, 1.82) is 0 Å². The van der Waals surface area contributed by atoms with Crippen LogP contribution in [0.5, 0.6) is 0 Å². The van der Waals surface area contributed by atoms with Gasteiger partial charge in [-0.05, 0) is 61.1 Å². The average Bonchev–Trinajstić information content (AvgIpc) is 3.45. The van der Waals surface area contributed by atoms with Crippen LogP contribution in [0.4, 0.5) is 16.4 Å². The van der Waals surface area contributed by atoms with Crippen molar-refractivity contribution in [3.63, 3.8) is 0 Å². The number of aromatic nitrogens is 4. The summed E-state index contributed by atoms with van der Waals surface area (Å²) in [4.78, 5) is 20.9. The summed E-state index contributed by atoms with van der Waals surface area (Å²) >= 11 is 0. The Kier molecular flexibility index (Phi) is 5.98. The summed E-state index contributed by atoms with van der Waals surface area (Å²) in [5.41, 5.74) is 3.92. The lowest BCUT2D eigenvalue weighted by atomic mass is 10.0. The van der Waals surface area contributed by atoms with E-state index in [2.05, 4.69) is 25.8 Å². The predicted molar refractivity (Wildman–Crippen MR) is 118 cm³/mol. The zero-order valence-electron chi connectivity index (χ0n) is 17.7. The van der Waals surface area contributed by atoms with E-state index in [0.717, 1.165) is 41.8 Å². The first-order chi connectivity index (χ1) is 15.7. The second kappa shape index (κ2) is 9.35. The van der Waals surface area contributed by atoms with Gasteiger partial charge in [0.25, 0.3) is 0 Å². The largest absolute Gasteiger partial charge is 0.446 e. The van der Waals surface area contributed by atoms with E-state index in [1.165, 1.54) is 0 Å². The molecular weight excluding hydrogens is 408 g/mol. The molecule has 2 aliphatic rings. The van der Waals surface area contributed by atoms with Gasteiger partial charge in [-0.3, -0.25) is 10.1 Å². The molecule has 6 bridgehead atoms. The van der Waals surface area contributed by atoms with Crippen molar-refractivity contribution in [3.05, 3.63) is 54.1 Å². The number of hydrogen-bond acceptors (Lipinski definition) is 7. The maximum atomic E-state index is 12.1. The molecule has 0 aromatic carbocycles. The third kappa shape index (κ3) is 4.88. The minimum atomic E-state index is -0.361. The molecule has 5 rings (SSSR count). The van der Waals surface area contributed by atoms with Crippen LogP contribution < -0.4 is 10.6 Å². The van der Waals surface area contributed by atoms with Crippen LogP contribution in [0.3, 0.4) is 0 Å². The molecule has 1 saturated carbocycles. The van der Waals surface area contributed by atoms with Crippen molar-refractivity contribution >= 4 is 17.7 Å². The number of ether oxygens (including phenoxy) is 2. The van der Waals surface area contributed by atoms with Crippen LogP contribution in [-0.4, -0.2) is 45.5 Å². The number of nitrogens with one attached hydrogen (secondary N) is 3. The fraction of sp³-hybridized carbons (Fsp3) is 0.391. The minimum Gasteiger partial charge on any atom is -0.446 e. The van der Waals surface area contributed by atoms with Crippen LogP contribution in [0.25, 0.3) is 11.1 Å². The van der Waals surface area contributed by atoms with Crippen molar-refractivity contribution in [2.24, 2.45) is 0 Å². The van der Waals surface area contributed by atoms with Gasteiger partial charge in [-0.15, -0.1) is 0 Å². The van der Waals surface area contributed by atoms with E-state index in [9.17, 15) is 4.79 Å². The monoisotopic (exact) mass is 434 g/mol. The van der Waals surface area contributed by atoms with Crippen LogP contribution >= 0.6 is 0 Å². The number of amides is 1. The molecule has 1 fully saturated rings. The zero-order chi connectivity index (χ0) is 21.8. The molecule has 0 spiro atoms. The Bertz CT molecular complexity index is 1070. The van der Waals surface area contributed by atoms with Gasteiger partial charge >= 0.3 is 6.09 Å². The summed E-state index contributed by atoms with van der Waals surface area (Å²) in [7, 11) is 0. The maximum absolute atomic E-state index is 12.1. The zero-order valence-corrected chi connectivity index (χ0v) is 17.7. The first-order valence-corrected chi connectivity index (χ1v) is 11.0. The molecule has 9 nitrogen and oxygen atoms in total. The molecule has 3 N–H and O–H groups in total. The Morgan fingerprint density at radius 1 is 1.03 bits per heavy atom. The first-order valence-electron chi connectivity index (χ1n) is 11.0. The molecule has 4 heterocycles. The van der Waals surface area contributed by atoms with Crippen molar-refractivity contribution in [2.75, 3.05) is 18.5 Å². The van der Waals surface area contributed by atoms with Gasteiger partial charge in [-0.25, -0.2) is 9.78 Å². The third-order valence-corrected chi connectivity index (χ3v) is 5.83. The highest BCUT2D eigenvalue weighted by Gasteiger charge is 2.30. The number of carbonyl (C=O) groups is 1. The van der Waals surface area contributed by atoms with Gasteiger partial charge in [0.15, 0.2) is 5.82 Å². The molecule has 0 saturated heterocycles. The summed E-state index contributed by atoms with van der Waals surface area (Å²) in [6.07, 6.45) is 6.40. The summed E-state index contributed by atoms with van der Waals surface area (Å²) in [6.45, 7) is 1.39. The number of H-pyrrole nitrogens is 1. The van der Waals surface area contributed by atoms with Gasteiger partial charge in [0.05, 0.1) is 12.3 Å². The van der Waals surface area contributed by atoms with Crippen molar-refractivity contribution in [1.82, 2.24) is 25.5 Å². The standard InChI is InChI=1S/C23H26N6O3/c30-23-25-6-1-9-31-14-18-10-17(15-4-7-24-8-5-15)12-21(26-18)27-22-13-20(28-29-22)16-2-3-19(11-16)32-23/h4-5,7-8,10,12-13,16,19H,1-3,6,9,11,14H2,(H,25,30)(H2,26,27,28,29)/t16-,19+/m0/s1. The quantitative estimate of drug-likeness (QED) is 0.532. The lowest BCUT2D eigenvalue weighted by Crippen LogP contribution is -2.29. The molecule has 3 aromatic heterocycles. The summed E-state index contributed by atoms with van der Waals surface area (Å²) in [5, 5.41) is 13.7. The number of nitrogens with zero attached hydrogens (tertiary/aromatic N) is 3. The van der Waals surface area contributed by atoms with Crippen LogP contribution in [0.2, 0.25) is 0 Å². The third-order valence-electron chi connectivity index (χ3n) is 5.83. The minimum absolute atomic E-state index is 0.0730. The van der Waals surface area contributed by atoms with E-state index in [1.54, 1.807) is 12.4 Å². The van der Waals surface area contributed by atoms with E-state index in [-0.39, 0.29) is 18.1 Å². The smallest absolute Gasteiger partial charge is 0.407 e. The van der Waals surface area contributed by atoms with E-state index < -0.39 is 0 Å². The number of anilines is 2. The van der Waals surface area contributed by atoms with Gasteiger partial charge < -0.3 is 20.1 Å². The number of fused-ring (bicyclic) bond motifs is 7. The van der Waals surface area contributed by atoms with E-state index >= 15 is 0 Å². The molecule has 0 unspecified atom stereocenters. The molecule has 2 atom stereocenters. The highest BCUT2D eigenvalue weighted by atomic mass is 16.6. The second-order valence-electron chi connectivity index (χ2n) is 8.17. The van der Waals surface area contributed by atoms with Crippen LogP contribution in [0, 0.1) is 0 Å². The lowest BCUT2D eigenvalue weighted by molar-refractivity contribution is 0.0956. The average molecular weight is 435 g/mol. The van der Waals surface area contributed by atoms with E-state index in [0.29, 0.717) is 37.8 Å². The fourth-order valence-electron chi connectivity index (χ4n) is 4.24. The van der Waals surface area contributed by atoms with Crippen LogP contribution in [0.15, 0.2) is 42.7 Å². The molecule has 32 heavy (non-hydrogen) atoms. The van der Waals surface area contributed by atoms with Gasteiger partial charge in [-0.1, -0.05) is 0 Å². The lowest BCUT2D eigenvalue weighted by Gasteiger charge is -2.13. The molecule has 9 heteroatoms. The van der Waals surface area contributed by atoms with Crippen molar-refractivity contribution < 1.29 is 14.3 Å². The van der Waals surface area contributed by atoms with Gasteiger partial charge in [0, 0.05) is 43.2 Å². The number of pyridine rings is 2. The van der Waals surface area contributed by atoms with Crippen molar-refractivity contribution in [3.8, 4) is 11.1 Å². The maximum Gasteiger partial charge on any atom is 0.407 e. The Balaban J connectivity index is 1.42. The molecule has 3 aromatic rings. The fourth-order valence-corrected chi connectivity index (χ4v) is 4.24.